The molecule has 0 saturated carbocycles. The number of benzene rings is 1. The zero-order chi connectivity index (χ0) is 13.5. The standard InChI is InChI=1S/C17H24O/c1-6-8-13(3)11-16-12-14(4)10-15(5)17(16)18-9-7-2/h10,12-13H,7,9,11H2,1-5H3. The van der Waals surface area contributed by atoms with E-state index in [1.165, 1.54) is 16.7 Å². The van der Waals surface area contributed by atoms with Crippen LogP contribution < -0.4 is 4.74 Å². The summed E-state index contributed by atoms with van der Waals surface area (Å²) in [6, 6.07) is 4.41. The minimum absolute atomic E-state index is 0.375. The van der Waals surface area contributed by atoms with Crippen LogP contribution in [0.25, 0.3) is 0 Å². The lowest BCUT2D eigenvalue weighted by Gasteiger charge is -2.16. The van der Waals surface area contributed by atoms with Crippen molar-refractivity contribution in [3.63, 3.8) is 0 Å². The van der Waals surface area contributed by atoms with Gasteiger partial charge < -0.3 is 4.74 Å². The largest absolute Gasteiger partial charge is 0.493 e. The quantitative estimate of drug-likeness (QED) is 0.702. The fraction of sp³-hybridized carbons (Fsp3) is 0.529. The fourth-order valence-corrected chi connectivity index (χ4v) is 2.23. The van der Waals surface area contributed by atoms with Gasteiger partial charge in [0.1, 0.15) is 5.75 Å². The Kier molecular flexibility index (Phi) is 5.78. The van der Waals surface area contributed by atoms with Gasteiger partial charge in [0, 0.05) is 5.92 Å². The van der Waals surface area contributed by atoms with Crippen molar-refractivity contribution in [3.8, 4) is 17.6 Å². The smallest absolute Gasteiger partial charge is 0.125 e. The Labute approximate surface area is 112 Å². The summed E-state index contributed by atoms with van der Waals surface area (Å²) in [6.45, 7) is 11.2. The summed E-state index contributed by atoms with van der Waals surface area (Å²) in [4.78, 5) is 0. The predicted molar refractivity (Wildman–Crippen MR) is 78.0 cm³/mol. The third-order valence-electron chi connectivity index (χ3n) is 2.86. The van der Waals surface area contributed by atoms with E-state index >= 15 is 0 Å². The molecule has 98 valence electrons. The fourth-order valence-electron chi connectivity index (χ4n) is 2.23. The van der Waals surface area contributed by atoms with Crippen LogP contribution >= 0.6 is 0 Å². The third-order valence-corrected chi connectivity index (χ3v) is 2.86. The zero-order valence-corrected chi connectivity index (χ0v) is 12.3. The lowest BCUT2D eigenvalue weighted by Crippen LogP contribution is -2.05. The van der Waals surface area contributed by atoms with Crippen LogP contribution in [0.5, 0.6) is 5.75 Å². The maximum Gasteiger partial charge on any atom is 0.125 e. The first-order valence-electron chi connectivity index (χ1n) is 6.73. The van der Waals surface area contributed by atoms with E-state index in [9.17, 15) is 0 Å². The highest BCUT2D eigenvalue weighted by Gasteiger charge is 2.10. The van der Waals surface area contributed by atoms with Crippen LogP contribution in [0.4, 0.5) is 0 Å². The van der Waals surface area contributed by atoms with E-state index in [2.05, 4.69) is 51.7 Å². The van der Waals surface area contributed by atoms with Crippen LogP contribution in [-0.4, -0.2) is 6.61 Å². The Balaban J connectivity index is 3.01. The average Bonchev–Trinajstić information content (AvgIpc) is 2.28. The molecule has 1 unspecified atom stereocenters. The molecule has 0 bridgehead atoms. The van der Waals surface area contributed by atoms with Crippen molar-refractivity contribution in [2.45, 2.75) is 47.5 Å². The summed E-state index contributed by atoms with van der Waals surface area (Å²) in [5.74, 6) is 7.64. The first-order chi connectivity index (χ1) is 8.58. The van der Waals surface area contributed by atoms with Crippen LogP contribution in [0.15, 0.2) is 12.1 Å². The van der Waals surface area contributed by atoms with Crippen molar-refractivity contribution >= 4 is 0 Å². The number of aryl methyl sites for hydroxylation is 2. The van der Waals surface area contributed by atoms with Crippen molar-refractivity contribution in [3.05, 3.63) is 28.8 Å². The van der Waals surface area contributed by atoms with Crippen molar-refractivity contribution in [2.75, 3.05) is 6.61 Å². The molecule has 0 aliphatic heterocycles. The molecule has 0 aromatic heterocycles. The summed E-state index contributed by atoms with van der Waals surface area (Å²) in [6.07, 6.45) is 2.00. The molecule has 0 radical (unpaired) electrons. The van der Waals surface area contributed by atoms with E-state index in [4.69, 9.17) is 4.74 Å². The van der Waals surface area contributed by atoms with Crippen LogP contribution in [0.2, 0.25) is 0 Å². The minimum Gasteiger partial charge on any atom is -0.493 e. The van der Waals surface area contributed by atoms with Gasteiger partial charge in [0.2, 0.25) is 0 Å². The first-order valence-corrected chi connectivity index (χ1v) is 6.73. The zero-order valence-electron chi connectivity index (χ0n) is 12.3. The van der Waals surface area contributed by atoms with Crippen LogP contribution in [0.1, 0.15) is 43.9 Å². The highest BCUT2D eigenvalue weighted by molar-refractivity contribution is 5.44. The van der Waals surface area contributed by atoms with Gasteiger partial charge in [-0.3, -0.25) is 0 Å². The molecule has 1 heteroatoms. The molecule has 1 atom stereocenters. The molecular weight excluding hydrogens is 220 g/mol. The lowest BCUT2D eigenvalue weighted by atomic mass is 9.97. The summed E-state index contributed by atoms with van der Waals surface area (Å²) in [5.41, 5.74) is 3.81. The molecule has 0 saturated heterocycles. The molecule has 0 aliphatic carbocycles. The Bertz CT molecular complexity index is 449. The van der Waals surface area contributed by atoms with E-state index < -0.39 is 0 Å². The molecule has 0 spiro atoms. The Morgan fingerprint density at radius 1 is 1.28 bits per heavy atom. The Morgan fingerprint density at radius 3 is 2.61 bits per heavy atom. The highest BCUT2D eigenvalue weighted by atomic mass is 16.5. The average molecular weight is 244 g/mol. The molecule has 0 heterocycles. The Morgan fingerprint density at radius 2 is 2.00 bits per heavy atom. The highest BCUT2D eigenvalue weighted by Crippen LogP contribution is 2.27. The molecule has 1 nitrogen and oxygen atoms in total. The lowest BCUT2D eigenvalue weighted by molar-refractivity contribution is 0.311. The van der Waals surface area contributed by atoms with E-state index in [0.29, 0.717) is 5.92 Å². The van der Waals surface area contributed by atoms with Crippen LogP contribution in [-0.2, 0) is 6.42 Å². The van der Waals surface area contributed by atoms with Gasteiger partial charge in [-0.15, -0.1) is 11.8 Å². The van der Waals surface area contributed by atoms with Gasteiger partial charge in [-0.1, -0.05) is 31.5 Å². The predicted octanol–water partition coefficient (Wildman–Crippen LogP) is 4.29. The molecule has 0 N–H and O–H groups in total. The number of rotatable bonds is 5. The normalized spacial score (nSPS) is 11.6. The summed E-state index contributed by atoms with van der Waals surface area (Å²) >= 11 is 0. The van der Waals surface area contributed by atoms with E-state index in [1.54, 1.807) is 0 Å². The van der Waals surface area contributed by atoms with E-state index in [1.807, 2.05) is 6.92 Å². The second-order valence-corrected chi connectivity index (χ2v) is 4.92. The van der Waals surface area contributed by atoms with Gasteiger partial charge in [0.25, 0.3) is 0 Å². The van der Waals surface area contributed by atoms with Gasteiger partial charge in [0.05, 0.1) is 6.61 Å². The second-order valence-electron chi connectivity index (χ2n) is 4.92. The Hall–Kier alpha value is -1.42. The maximum atomic E-state index is 5.90. The SMILES string of the molecule is CC#CC(C)Cc1cc(C)cc(C)c1OCCC. The third kappa shape index (κ3) is 4.11. The summed E-state index contributed by atoms with van der Waals surface area (Å²) < 4.78 is 5.90. The monoisotopic (exact) mass is 244 g/mol. The molecule has 18 heavy (non-hydrogen) atoms. The maximum absolute atomic E-state index is 5.90. The van der Waals surface area contributed by atoms with Gasteiger partial charge in [0.15, 0.2) is 0 Å². The summed E-state index contributed by atoms with van der Waals surface area (Å²) in [5, 5.41) is 0. The topological polar surface area (TPSA) is 9.23 Å². The number of hydrogen-bond acceptors (Lipinski definition) is 1. The summed E-state index contributed by atoms with van der Waals surface area (Å²) in [7, 11) is 0. The van der Waals surface area contributed by atoms with E-state index in [0.717, 1.165) is 25.2 Å². The molecule has 0 fully saturated rings. The molecule has 1 aromatic carbocycles. The van der Waals surface area contributed by atoms with E-state index in [-0.39, 0.29) is 0 Å². The minimum atomic E-state index is 0.375. The van der Waals surface area contributed by atoms with Gasteiger partial charge in [-0.2, -0.15) is 0 Å². The van der Waals surface area contributed by atoms with Crippen LogP contribution in [0, 0.1) is 31.6 Å². The molecule has 0 amide bonds. The van der Waals surface area contributed by atoms with Crippen molar-refractivity contribution < 1.29 is 4.74 Å². The van der Waals surface area contributed by atoms with Gasteiger partial charge in [-0.25, -0.2) is 0 Å². The van der Waals surface area contributed by atoms with Crippen molar-refractivity contribution in [1.82, 2.24) is 0 Å². The van der Waals surface area contributed by atoms with Gasteiger partial charge in [-0.05, 0) is 44.7 Å². The van der Waals surface area contributed by atoms with Crippen LogP contribution in [0.3, 0.4) is 0 Å². The number of hydrogen-bond donors (Lipinski definition) is 0. The molecular formula is C17H24O. The van der Waals surface area contributed by atoms with Crippen molar-refractivity contribution in [2.24, 2.45) is 5.92 Å². The second kappa shape index (κ2) is 7.11. The molecule has 1 aromatic rings. The van der Waals surface area contributed by atoms with Crippen molar-refractivity contribution in [1.29, 1.82) is 0 Å². The molecule has 1 rings (SSSR count). The number of ether oxygens (including phenoxy) is 1. The first kappa shape index (κ1) is 14.6. The molecule has 0 aliphatic rings. The van der Waals surface area contributed by atoms with Gasteiger partial charge >= 0.3 is 0 Å².